The fraction of sp³-hybridized carbons (Fsp3) is 0.933. The smallest absolute Gasteiger partial charge is 0.228 e. The molecular formula is C30H46N2O5. The van der Waals surface area contributed by atoms with Crippen molar-refractivity contribution in [2.75, 3.05) is 65.8 Å². The first-order valence-corrected chi connectivity index (χ1v) is 15.4. The molecule has 37 heavy (non-hydrogen) atoms. The van der Waals surface area contributed by atoms with Gasteiger partial charge in [0.1, 0.15) is 0 Å². The van der Waals surface area contributed by atoms with Gasteiger partial charge in [-0.2, -0.15) is 0 Å². The molecule has 9 aliphatic rings. The summed E-state index contributed by atoms with van der Waals surface area (Å²) in [5, 5.41) is 0. The summed E-state index contributed by atoms with van der Waals surface area (Å²) in [6.45, 7) is 5.66. The van der Waals surface area contributed by atoms with Gasteiger partial charge in [0.2, 0.25) is 11.8 Å². The van der Waals surface area contributed by atoms with Gasteiger partial charge in [0.05, 0.1) is 50.5 Å². The second-order valence-electron chi connectivity index (χ2n) is 13.9. The van der Waals surface area contributed by atoms with Crippen LogP contribution in [0.5, 0.6) is 0 Å². The molecule has 8 aliphatic carbocycles. The first-order valence-electron chi connectivity index (χ1n) is 15.4. The van der Waals surface area contributed by atoms with Gasteiger partial charge < -0.3 is 24.0 Å². The summed E-state index contributed by atoms with van der Waals surface area (Å²) in [6.07, 6.45) is 12.0. The van der Waals surface area contributed by atoms with Crippen LogP contribution in [0.2, 0.25) is 0 Å². The van der Waals surface area contributed by atoms with E-state index in [9.17, 15) is 9.59 Å². The Hall–Kier alpha value is -1.18. The van der Waals surface area contributed by atoms with Crippen molar-refractivity contribution in [1.29, 1.82) is 0 Å². The number of ether oxygens (including phenoxy) is 3. The van der Waals surface area contributed by atoms with Crippen LogP contribution in [0.1, 0.15) is 64.2 Å². The van der Waals surface area contributed by atoms with Gasteiger partial charge in [-0.3, -0.25) is 9.59 Å². The van der Waals surface area contributed by atoms with E-state index in [2.05, 4.69) is 0 Å². The predicted octanol–water partition coefficient (Wildman–Crippen LogP) is 3.36. The molecule has 0 aromatic heterocycles. The summed E-state index contributed by atoms with van der Waals surface area (Å²) in [5.41, 5.74) is -0.240. The maximum Gasteiger partial charge on any atom is 0.228 e. The molecule has 8 saturated carbocycles. The quantitative estimate of drug-likeness (QED) is 0.565. The Morgan fingerprint density at radius 2 is 0.811 bits per heavy atom. The van der Waals surface area contributed by atoms with E-state index in [0.29, 0.717) is 77.6 Å². The third kappa shape index (κ3) is 4.45. The average molecular weight is 515 g/mol. The lowest BCUT2D eigenvalue weighted by Crippen LogP contribution is -2.48. The summed E-state index contributed by atoms with van der Waals surface area (Å²) in [4.78, 5) is 31.8. The number of amides is 2. The van der Waals surface area contributed by atoms with Crippen molar-refractivity contribution in [2.45, 2.75) is 64.2 Å². The second kappa shape index (κ2) is 9.78. The number of carbonyl (C=O) groups is 2. The Labute approximate surface area is 221 Å². The van der Waals surface area contributed by atoms with Crippen molar-refractivity contribution in [3.63, 3.8) is 0 Å². The van der Waals surface area contributed by atoms with Crippen LogP contribution in [-0.4, -0.2) is 87.4 Å². The normalized spacial score (nSPS) is 45.8. The van der Waals surface area contributed by atoms with E-state index < -0.39 is 0 Å². The molecule has 9 rings (SSSR count). The molecule has 0 N–H and O–H groups in total. The molecule has 0 aromatic carbocycles. The zero-order valence-corrected chi connectivity index (χ0v) is 22.5. The van der Waals surface area contributed by atoms with E-state index in [1.807, 2.05) is 9.80 Å². The number of hydrogen-bond acceptors (Lipinski definition) is 5. The van der Waals surface area contributed by atoms with E-state index in [0.717, 1.165) is 74.0 Å². The van der Waals surface area contributed by atoms with Crippen LogP contribution in [0.25, 0.3) is 0 Å². The minimum absolute atomic E-state index is 0.120. The Balaban J connectivity index is 0.977. The molecule has 1 heterocycles. The van der Waals surface area contributed by atoms with Crippen molar-refractivity contribution >= 4 is 11.8 Å². The predicted molar refractivity (Wildman–Crippen MR) is 138 cm³/mol. The van der Waals surface area contributed by atoms with Crippen molar-refractivity contribution in [2.24, 2.45) is 46.3 Å². The Bertz CT molecular complexity index is 784. The van der Waals surface area contributed by atoms with Gasteiger partial charge in [-0.1, -0.05) is 0 Å². The van der Waals surface area contributed by atoms with E-state index in [4.69, 9.17) is 14.2 Å². The molecule has 0 spiro atoms. The summed E-state index contributed by atoms with van der Waals surface area (Å²) >= 11 is 0. The molecule has 1 saturated heterocycles. The van der Waals surface area contributed by atoms with Gasteiger partial charge >= 0.3 is 0 Å². The fourth-order valence-corrected chi connectivity index (χ4v) is 10.6. The average Bonchev–Trinajstić information content (AvgIpc) is 3.51. The largest absolute Gasteiger partial charge is 0.378 e. The first kappa shape index (κ1) is 24.8. The molecule has 8 bridgehead atoms. The highest BCUT2D eigenvalue weighted by atomic mass is 16.5. The Morgan fingerprint density at radius 1 is 0.486 bits per heavy atom. The van der Waals surface area contributed by atoms with Crippen LogP contribution < -0.4 is 0 Å². The molecule has 1 aliphatic heterocycles. The molecule has 0 aromatic rings. The lowest BCUT2D eigenvalue weighted by molar-refractivity contribution is -0.147. The minimum Gasteiger partial charge on any atom is -0.378 e. The number of rotatable bonds is 2. The van der Waals surface area contributed by atoms with Gasteiger partial charge in [-0.15, -0.1) is 0 Å². The van der Waals surface area contributed by atoms with Gasteiger partial charge in [0, 0.05) is 26.2 Å². The van der Waals surface area contributed by atoms with Crippen molar-refractivity contribution in [1.82, 2.24) is 9.80 Å². The molecule has 4 unspecified atom stereocenters. The highest BCUT2D eigenvalue weighted by Gasteiger charge is 2.61. The SMILES string of the molecule is O=C(N1CCOCCOCCN(C(=O)C23CC4CC(C2)C(C4)C3)CCOCC1)C12CC3CC(C1)C(C3)C2. The van der Waals surface area contributed by atoms with Crippen molar-refractivity contribution < 1.29 is 23.8 Å². The summed E-state index contributed by atoms with van der Waals surface area (Å²) in [7, 11) is 0. The third-order valence-electron chi connectivity index (χ3n) is 11.7. The fourth-order valence-electron chi connectivity index (χ4n) is 10.6. The monoisotopic (exact) mass is 514 g/mol. The lowest BCUT2D eigenvalue weighted by Gasteiger charge is -2.41. The van der Waals surface area contributed by atoms with Crippen molar-refractivity contribution in [3.8, 4) is 0 Å². The summed E-state index contributed by atoms with van der Waals surface area (Å²) < 4.78 is 17.8. The van der Waals surface area contributed by atoms with Gasteiger partial charge in [0.15, 0.2) is 0 Å². The maximum atomic E-state index is 13.8. The highest BCUT2D eigenvalue weighted by molar-refractivity contribution is 5.84. The molecular weight excluding hydrogens is 468 g/mol. The van der Waals surface area contributed by atoms with Crippen LogP contribution in [0.4, 0.5) is 0 Å². The van der Waals surface area contributed by atoms with Crippen LogP contribution in [0.3, 0.4) is 0 Å². The molecule has 0 radical (unpaired) electrons. The van der Waals surface area contributed by atoms with E-state index >= 15 is 0 Å². The zero-order chi connectivity index (χ0) is 25.0. The maximum absolute atomic E-state index is 13.8. The van der Waals surface area contributed by atoms with E-state index in [1.54, 1.807) is 0 Å². The van der Waals surface area contributed by atoms with Crippen LogP contribution in [-0.2, 0) is 23.8 Å². The summed E-state index contributed by atoms with van der Waals surface area (Å²) in [6, 6.07) is 0. The number of carbonyl (C=O) groups excluding carboxylic acids is 2. The lowest BCUT2D eigenvalue weighted by atomic mass is 9.68. The van der Waals surface area contributed by atoms with Crippen LogP contribution >= 0.6 is 0 Å². The number of nitrogens with zero attached hydrogens (tertiary/aromatic N) is 2. The highest BCUT2D eigenvalue weighted by Crippen LogP contribution is 2.65. The minimum atomic E-state index is -0.120. The van der Waals surface area contributed by atoms with Gasteiger partial charge in [-0.25, -0.2) is 0 Å². The van der Waals surface area contributed by atoms with Crippen LogP contribution in [0.15, 0.2) is 0 Å². The zero-order valence-electron chi connectivity index (χ0n) is 22.5. The van der Waals surface area contributed by atoms with Gasteiger partial charge in [0.25, 0.3) is 0 Å². The van der Waals surface area contributed by atoms with Gasteiger partial charge in [-0.05, 0) is 99.7 Å². The van der Waals surface area contributed by atoms with E-state index in [1.165, 1.54) is 25.7 Å². The standard InChI is InChI=1S/C30H46N2O5/c33-27(29-15-21-11-23(17-29)24(12-21)18-29)31-1-5-35-6-2-32(4-8-37-10-9-36-7-3-31)28(34)30-16-22-13-25(19-30)26(14-22)20-30/h21-26H,1-20H2. The first-order chi connectivity index (χ1) is 18.0. The molecule has 206 valence electrons. The molecule has 7 nitrogen and oxygen atoms in total. The second-order valence-corrected chi connectivity index (χ2v) is 13.9. The van der Waals surface area contributed by atoms with Crippen molar-refractivity contribution in [3.05, 3.63) is 0 Å². The Morgan fingerprint density at radius 3 is 1.14 bits per heavy atom. The molecule has 9 fully saturated rings. The third-order valence-corrected chi connectivity index (χ3v) is 11.7. The van der Waals surface area contributed by atoms with E-state index in [-0.39, 0.29) is 10.8 Å². The molecule has 7 heteroatoms. The molecule has 2 amide bonds. The Kier molecular flexibility index (Phi) is 6.56. The number of hydrogen-bond donors (Lipinski definition) is 0. The summed E-state index contributed by atoms with van der Waals surface area (Å²) in [5.74, 6) is 5.35. The molecule has 4 atom stereocenters. The van der Waals surface area contributed by atoms with Crippen LogP contribution in [0, 0.1) is 46.3 Å². The topological polar surface area (TPSA) is 68.3 Å².